The van der Waals surface area contributed by atoms with Crippen LogP contribution in [-0.2, 0) is 32.8 Å². The molecule has 0 aromatic rings. The molecule has 6 N–H and O–H groups in total. The zero-order valence-corrected chi connectivity index (χ0v) is 14.5. The molecule has 6 atom stereocenters. The number of carbonyl (C=O) groups excluding carboxylic acids is 4. The molecule has 0 aromatic carbocycles. The van der Waals surface area contributed by atoms with Crippen molar-refractivity contribution in [1.82, 2.24) is 0 Å². The highest BCUT2D eigenvalue weighted by Gasteiger charge is 2.51. The molecule has 1 saturated carbocycles. The van der Waals surface area contributed by atoms with E-state index in [1.54, 1.807) is 0 Å². The van der Waals surface area contributed by atoms with Crippen molar-refractivity contribution in [1.29, 1.82) is 0 Å². The Kier molecular flexibility index (Phi) is 8.48. The van der Waals surface area contributed by atoms with Crippen LogP contribution in [0.2, 0.25) is 0 Å². The number of hydrogen-bond donors (Lipinski definition) is 6. The summed E-state index contributed by atoms with van der Waals surface area (Å²) in [6, 6.07) is 0. The summed E-state index contributed by atoms with van der Waals surface area (Å²) in [5, 5.41) is 47.9. The van der Waals surface area contributed by atoms with E-state index in [0.29, 0.717) is 0 Å². The highest BCUT2D eigenvalue weighted by molar-refractivity contribution is 7.47. The van der Waals surface area contributed by atoms with Crippen LogP contribution < -0.4 is 0 Å². The number of ketones is 2. The SMILES string of the molecule is O=CC(=O)C[C@H](COP(=O)(O)O[C@H]1[C@@H](O)[C@H](O)[C@H](O)[C@@H](O)[C@@H]1O)C(=O)C=O. The lowest BCUT2D eigenvalue weighted by Crippen LogP contribution is -2.64. The molecule has 0 bridgehead atoms. The molecule has 1 aliphatic rings. The third-order valence-corrected chi connectivity index (χ3v) is 4.85. The van der Waals surface area contributed by atoms with Crippen LogP contribution in [0.15, 0.2) is 0 Å². The maximum atomic E-state index is 11.9. The summed E-state index contributed by atoms with van der Waals surface area (Å²) in [4.78, 5) is 53.0. The maximum Gasteiger partial charge on any atom is 0.472 e. The van der Waals surface area contributed by atoms with E-state index in [1.165, 1.54) is 0 Å². The Balaban J connectivity index is 2.82. The van der Waals surface area contributed by atoms with Gasteiger partial charge in [0.05, 0.1) is 12.5 Å². The fraction of sp³-hybridized carbons (Fsp3) is 0.692. The van der Waals surface area contributed by atoms with Crippen LogP contribution in [0, 0.1) is 5.92 Å². The van der Waals surface area contributed by atoms with Gasteiger partial charge in [0.25, 0.3) is 0 Å². The van der Waals surface area contributed by atoms with E-state index >= 15 is 0 Å². The van der Waals surface area contributed by atoms with Gasteiger partial charge in [0.15, 0.2) is 18.4 Å². The topological polar surface area (TPSA) is 225 Å². The Morgan fingerprint density at radius 1 is 0.926 bits per heavy atom. The van der Waals surface area contributed by atoms with Crippen molar-refractivity contribution in [3.63, 3.8) is 0 Å². The Labute approximate surface area is 151 Å². The summed E-state index contributed by atoms with van der Waals surface area (Å²) in [7, 11) is -5.16. The third-order valence-electron chi connectivity index (χ3n) is 3.86. The molecule has 0 amide bonds. The second-order valence-corrected chi connectivity index (χ2v) is 7.20. The highest BCUT2D eigenvalue weighted by atomic mass is 31.2. The minimum Gasteiger partial charge on any atom is -0.387 e. The molecule has 1 fully saturated rings. The first-order valence-corrected chi connectivity index (χ1v) is 8.97. The number of hydrogen-bond acceptors (Lipinski definition) is 12. The van der Waals surface area contributed by atoms with Gasteiger partial charge < -0.3 is 30.4 Å². The normalized spacial score (nSPS) is 34.3. The summed E-state index contributed by atoms with van der Waals surface area (Å²) < 4.78 is 20.9. The van der Waals surface area contributed by atoms with E-state index in [4.69, 9.17) is 0 Å². The van der Waals surface area contributed by atoms with Crippen LogP contribution in [0.25, 0.3) is 0 Å². The summed E-state index contributed by atoms with van der Waals surface area (Å²) >= 11 is 0. The monoisotopic (exact) mass is 414 g/mol. The molecule has 0 saturated heterocycles. The lowest BCUT2D eigenvalue weighted by Gasteiger charge is -2.41. The van der Waals surface area contributed by atoms with Gasteiger partial charge in [0, 0.05) is 6.42 Å². The first-order valence-electron chi connectivity index (χ1n) is 7.48. The van der Waals surface area contributed by atoms with Gasteiger partial charge >= 0.3 is 7.82 Å². The predicted molar refractivity (Wildman–Crippen MR) is 80.9 cm³/mol. The molecule has 1 unspecified atom stereocenters. The molecule has 0 radical (unpaired) electrons. The average Bonchev–Trinajstić information content (AvgIpc) is 2.64. The molecule has 0 aliphatic heterocycles. The van der Waals surface area contributed by atoms with Crippen molar-refractivity contribution >= 4 is 32.0 Å². The summed E-state index contributed by atoms with van der Waals surface area (Å²) in [5.74, 6) is -3.84. The van der Waals surface area contributed by atoms with Gasteiger partial charge in [-0.05, 0) is 0 Å². The predicted octanol–water partition coefficient (Wildman–Crippen LogP) is -4.15. The molecule has 13 nitrogen and oxygen atoms in total. The van der Waals surface area contributed by atoms with Gasteiger partial charge in [-0.1, -0.05) is 0 Å². The van der Waals surface area contributed by atoms with Crippen molar-refractivity contribution in [3.8, 4) is 0 Å². The van der Waals surface area contributed by atoms with E-state index in [0.717, 1.165) is 0 Å². The van der Waals surface area contributed by atoms with E-state index in [2.05, 4.69) is 9.05 Å². The smallest absolute Gasteiger partial charge is 0.387 e. The number of Topliss-reactive ketones (excluding diaryl/α,β-unsaturated/α-hetero) is 2. The third kappa shape index (κ3) is 6.04. The van der Waals surface area contributed by atoms with Crippen LogP contribution in [-0.4, -0.2) is 97.8 Å². The quantitative estimate of drug-likeness (QED) is 0.113. The summed E-state index contributed by atoms with van der Waals surface area (Å²) in [5.41, 5.74) is 0. The van der Waals surface area contributed by atoms with Crippen LogP contribution in [0.4, 0.5) is 0 Å². The number of aldehydes is 2. The number of carbonyl (C=O) groups is 4. The van der Waals surface area contributed by atoms with Gasteiger partial charge in [-0.15, -0.1) is 0 Å². The molecule has 0 heterocycles. The van der Waals surface area contributed by atoms with E-state index < -0.39 is 75.0 Å². The molecule has 1 rings (SSSR count). The fourth-order valence-electron chi connectivity index (χ4n) is 2.32. The van der Waals surface area contributed by atoms with Crippen molar-refractivity contribution < 1.29 is 63.2 Å². The summed E-state index contributed by atoms with van der Waals surface area (Å²) in [6.07, 6.45) is -13.3. The van der Waals surface area contributed by atoms with Gasteiger partial charge in [-0.25, -0.2) is 4.57 Å². The van der Waals surface area contributed by atoms with Crippen molar-refractivity contribution in [2.75, 3.05) is 6.61 Å². The second kappa shape index (κ2) is 9.68. The Bertz CT molecular complexity index is 605. The van der Waals surface area contributed by atoms with Gasteiger partial charge in [0.2, 0.25) is 5.78 Å². The number of aliphatic hydroxyl groups is 5. The van der Waals surface area contributed by atoms with Gasteiger partial charge in [-0.3, -0.25) is 28.2 Å². The number of phosphoric ester groups is 1. The standard InChI is InChI=1S/C13H19O13P/c14-2-6(16)1-5(7(17)3-15)4-25-27(23,24)26-13-11(21)9(19)8(18)10(20)12(13)22/h2-3,5,8-13,18-22H,1,4H2,(H,23,24)/t5-,8-,9-,10-,11+,12+,13-/m1/s1. The Hall–Kier alpha value is -1.41. The minimum absolute atomic E-state index is 0.122. The average molecular weight is 414 g/mol. The highest BCUT2D eigenvalue weighted by Crippen LogP contribution is 2.47. The second-order valence-electron chi connectivity index (χ2n) is 5.79. The Morgan fingerprint density at radius 2 is 1.41 bits per heavy atom. The van der Waals surface area contributed by atoms with Crippen LogP contribution in [0.3, 0.4) is 0 Å². The number of rotatable bonds is 10. The summed E-state index contributed by atoms with van der Waals surface area (Å²) in [6.45, 7) is -1.00. The van der Waals surface area contributed by atoms with E-state index in [1.807, 2.05) is 0 Å². The number of phosphoric acid groups is 1. The maximum absolute atomic E-state index is 11.9. The minimum atomic E-state index is -5.16. The lowest BCUT2D eigenvalue weighted by atomic mass is 9.85. The van der Waals surface area contributed by atoms with Gasteiger partial charge in [0.1, 0.15) is 36.6 Å². The van der Waals surface area contributed by atoms with Gasteiger partial charge in [-0.2, -0.15) is 0 Å². The molecule has 0 aromatic heterocycles. The van der Waals surface area contributed by atoms with E-state index in [-0.39, 0.29) is 12.6 Å². The van der Waals surface area contributed by atoms with Crippen LogP contribution in [0.1, 0.15) is 6.42 Å². The molecule has 1 aliphatic carbocycles. The fourth-order valence-corrected chi connectivity index (χ4v) is 3.30. The molecule has 154 valence electrons. The van der Waals surface area contributed by atoms with Crippen LogP contribution >= 0.6 is 7.82 Å². The number of aliphatic hydroxyl groups excluding tert-OH is 5. The van der Waals surface area contributed by atoms with Crippen LogP contribution in [0.5, 0.6) is 0 Å². The zero-order chi connectivity index (χ0) is 20.9. The molecule has 14 heteroatoms. The van der Waals surface area contributed by atoms with Crippen molar-refractivity contribution in [2.24, 2.45) is 5.92 Å². The zero-order valence-electron chi connectivity index (χ0n) is 13.6. The molecule has 0 spiro atoms. The Morgan fingerprint density at radius 3 is 1.85 bits per heavy atom. The van der Waals surface area contributed by atoms with E-state index in [9.17, 15) is 54.2 Å². The first kappa shape index (κ1) is 23.6. The molecular weight excluding hydrogens is 395 g/mol. The molecular formula is C13H19O13P. The lowest BCUT2D eigenvalue weighted by molar-refractivity contribution is -0.220. The van der Waals surface area contributed by atoms with Crippen molar-refractivity contribution in [3.05, 3.63) is 0 Å². The van der Waals surface area contributed by atoms with Crippen molar-refractivity contribution in [2.45, 2.75) is 43.0 Å². The first-order chi connectivity index (χ1) is 12.4. The molecule has 27 heavy (non-hydrogen) atoms. The largest absolute Gasteiger partial charge is 0.472 e.